The van der Waals surface area contributed by atoms with Crippen LogP contribution in [0.1, 0.15) is 16.7 Å². The summed E-state index contributed by atoms with van der Waals surface area (Å²) in [6, 6.07) is 12.4. The number of hydrogen-bond acceptors (Lipinski definition) is 4. The number of para-hydroxylation sites is 1. The van der Waals surface area contributed by atoms with Gasteiger partial charge in [-0.05, 0) is 52.9 Å². The van der Waals surface area contributed by atoms with Crippen molar-refractivity contribution in [3.8, 4) is 5.75 Å². The number of fused-ring (bicyclic) bond motifs is 1. The van der Waals surface area contributed by atoms with Gasteiger partial charge < -0.3 is 20.3 Å². The van der Waals surface area contributed by atoms with E-state index in [1.165, 1.54) is 18.2 Å². The minimum absolute atomic E-state index is 0.000686. The molecule has 3 aromatic rings. The van der Waals surface area contributed by atoms with Crippen molar-refractivity contribution in [2.24, 2.45) is 0 Å². The number of allylic oxidation sites excluding steroid dienone is 3. The van der Waals surface area contributed by atoms with Crippen LogP contribution in [0, 0.1) is 0 Å². The van der Waals surface area contributed by atoms with Crippen LogP contribution in [0.4, 0.5) is 0 Å². The molecule has 0 aliphatic heterocycles. The maximum atomic E-state index is 12.0. The molecule has 0 bridgehead atoms. The van der Waals surface area contributed by atoms with Gasteiger partial charge in [0.15, 0.2) is 5.78 Å². The van der Waals surface area contributed by atoms with Gasteiger partial charge in [-0.1, -0.05) is 30.3 Å². The predicted octanol–water partition coefficient (Wildman–Crippen LogP) is 4.10. The molecule has 0 amide bonds. The molecular formula is C22H19NO4. The zero-order valence-electron chi connectivity index (χ0n) is 14.5. The van der Waals surface area contributed by atoms with Gasteiger partial charge in [-0.2, -0.15) is 0 Å². The van der Waals surface area contributed by atoms with E-state index in [1.54, 1.807) is 24.3 Å². The molecule has 0 aliphatic carbocycles. The van der Waals surface area contributed by atoms with Gasteiger partial charge in [0, 0.05) is 17.8 Å². The van der Waals surface area contributed by atoms with E-state index in [0.29, 0.717) is 11.1 Å². The normalized spacial score (nSPS) is 12.4. The number of aromatic nitrogens is 1. The number of carbonyl (C=O) groups excluding carboxylic acids is 1. The summed E-state index contributed by atoms with van der Waals surface area (Å²) in [4.78, 5) is 15.1. The Kier molecular flexibility index (Phi) is 5.54. The van der Waals surface area contributed by atoms with Crippen molar-refractivity contribution in [1.82, 2.24) is 4.98 Å². The van der Waals surface area contributed by atoms with Crippen LogP contribution < -0.4 is 0 Å². The van der Waals surface area contributed by atoms with E-state index >= 15 is 0 Å². The summed E-state index contributed by atoms with van der Waals surface area (Å²) in [5.74, 6) is -0.537. The van der Waals surface area contributed by atoms with Crippen LogP contribution in [0.3, 0.4) is 0 Å². The number of H-pyrrole nitrogens is 1. The third-order valence-corrected chi connectivity index (χ3v) is 4.06. The van der Waals surface area contributed by atoms with Crippen molar-refractivity contribution in [2.45, 2.75) is 6.61 Å². The Balaban J connectivity index is 1.70. The zero-order chi connectivity index (χ0) is 19.2. The number of carbonyl (C=O) groups is 1. The van der Waals surface area contributed by atoms with E-state index < -0.39 is 0 Å². The minimum atomic E-state index is -0.381. The topological polar surface area (TPSA) is 93.5 Å². The summed E-state index contributed by atoms with van der Waals surface area (Å²) in [6.45, 7) is -0.291. The highest BCUT2D eigenvalue weighted by molar-refractivity contribution is 6.02. The summed E-state index contributed by atoms with van der Waals surface area (Å²) < 4.78 is 0. The lowest BCUT2D eigenvalue weighted by Crippen LogP contribution is -1.89. The number of benzene rings is 2. The highest BCUT2D eigenvalue weighted by Gasteiger charge is 2.01. The first-order valence-corrected chi connectivity index (χ1v) is 8.36. The molecule has 5 heteroatoms. The fraction of sp³-hybridized carbons (Fsp3) is 0.0455. The van der Waals surface area contributed by atoms with Crippen LogP contribution in [0.2, 0.25) is 0 Å². The molecule has 0 spiro atoms. The summed E-state index contributed by atoms with van der Waals surface area (Å²) in [7, 11) is 0. The molecule has 0 atom stereocenters. The van der Waals surface area contributed by atoms with Crippen LogP contribution in [0.15, 0.2) is 72.6 Å². The summed E-state index contributed by atoms with van der Waals surface area (Å²) in [6.07, 6.45) is 9.02. The first-order chi connectivity index (χ1) is 13.1. The number of hydrogen-bond donors (Lipinski definition) is 4. The molecule has 3 rings (SSSR count). The highest BCUT2D eigenvalue weighted by Crippen LogP contribution is 2.20. The van der Waals surface area contributed by atoms with Crippen molar-refractivity contribution in [2.75, 3.05) is 0 Å². The van der Waals surface area contributed by atoms with E-state index in [-0.39, 0.29) is 23.9 Å². The molecule has 0 fully saturated rings. The van der Waals surface area contributed by atoms with Crippen LogP contribution in [0.5, 0.6) is 5.75 Å². The van der Waals surface area contributed by atoms with Gasteiger partial charge in [0.05, 0.1) is 12.1 Å². The number of aliphatic hydroxyl groups excluding tert-OH is 2. The number of ketones is 1. The predicted molar refractivity (Wildman–Crippen MR) is 106 cm³/mol. The highest BCUT2D eigenvalue weighted by atomic mass is 16.3. The fourth-order valence-electron chi connectivity index (χ4n) is 2.68. The summed E-state index contributed by atoms with van der Waals surface area (Å²) in [5, 5.41) is 29.7. The van der Waals surface area contributed by atoms with Gasteiger partial charge in [-0.3, -0.25) is 4.79 Å². The lowest BCUT2D eigenvalue weighted by Gasteiger charge is -2.01. The maximum absolute atomic E-state index is 12.0. The maximum Gasteiger partial charge on any atom is 0.182 e. The molecule has 4 N–H and O–H groups in total. The van der Waals surface area contributed by atoms with E-state index in [0.717, 1.165) is 22.5 Å². The van der Waals surface area contributed by atoms with Crippen LogP contribution >= 0.6 is 0 Å². The Labute approximate surface area is 156 Å². The van der Waals surface area contributed by atoms with Crippen molar-refractivity contribution in [3.05, 3.63) is 89.3 Å². The van der Waals surface area contributed by atoms with Crippen molar-refractivity contribution >= 4 is 28.8 Å². The monoisotopic (exact) mass is 361 g/mol. The molecule has 0 unspecified atom stereocenters. The quantitative estimate of drug-likeness (QED) is 0.302. The fourth-order valence-corrected chi connectivity index (χ4v) is 2.68. The van der Waals surface area contributed by atoms with Gasteiger partial charge in [0.1, 0.15) is 11.5 Å². The van der Waals surface area contributed by atoms with Gasteiger partial charge in [0.2, 0.25) is 0 Å². The molecule has 2 aromatic carbocycles. The molecule has 27 heavy (non-hydrogen) atoms. The number of phenols is 1. The largest absolute Gasteiger partial charge is 0.508 e. The molecule has 0 radical (unpaired) electrons. The standard InChI is InChI=1S/C22H19NO4/c24-14-18-12-15(5-9-21(18)27)4-7-19(25)13-20(26)8-6-16-2-1-3-17-10-11-23-22(16)17/h1-13,23-24,26-27H,14H2/b7-4+,8-6+,20-13-. The molecule has 136 valence electrons. The Morgan fingerprint density at radius 3 is 2.74 bits per heavy atom. The number of rotatable bonds is 6. The average Bonchev–Trinajstić information content (AvgIpc) is 3.15. The SMILES string of the molecule is O=C(/C=C(O)/C=C/c1cccc2cc[nH]c12)/C=C/c1ccc(O)c(CO)c1. The second kappa shape index (κ2) is 8.21. The van der Waals surface area contributed by atoms with E-state index in [1.807, 2.05) is 30.5 Å². The molecule has 1 heterocycles. The molecular weight excluding hydrogens is 342 g/mol. The first kappa shape index (κ1) is 18.2. The Morgan fingerprint density at radius 1 is 1.07 bits per heavy atom. The zero-order valence-corrected chi connectivity index (χ0v) is 14.5. The summed E-state index contributed by atoms with van der Waals surface area (Å²) >= 11 is 0. The number of nitrogens with one attached hydrogen (secondary N) is 1. The smallest absolute Gasteiger partial charge is 0.182 e. The van der Waals surface area contributed by atoms with Crippen molar-refractivity contribution < 1.29 is 20.1 Å². The van der Waals surface area contributed by atoms with E-state index in [2.05, 4.69) is 4.98 Å². The minimum Gasteiger partial charge on any atom is -0.508 e. The Hall–Kier alpha value is -3.57. The molecule has 0 saturated carbocycles. The summed E-state index contributed by atoms with van der Waals surface area (Å²) in [5.41, 5.74) is 2.90. The number of aromatic amines is 1. The lowest BCUT2D eigenvalue weighted by molar-refractivity contribution is -0.110. The first-order valence-electron chi connectivity index (χ1n) is 8.36. The third-order valence-electron chi connectivity index (χ3n) is 4.06. The van der Waals surface area contributed by atoms with Crippen LogP contribution in [-0.4, -0.2) is 26.1 Å². The Bertz CT molecular complexity index is 1060. The van der Waals surface area contributed by atoms with Gasteiger partial charge in [-0.15, -0.1) is 0 Å². The average molecular weight is 361 g/mol. The van der Waals surface area contributed by atoms with Crippen molar-refractivity contribution in [1.29, 1.82) is 0 Å². The van der Waals surface area contributed by atoms with Gasteiger partial charge >= 0.3 is 0 Å². The second-order valence-corrected chi connectivity index (χ2v) is 5.97. The van der Waals surface area contributed by atoms with Crippen LogP contribution in [0.25, 0.3) is 23.1 Å². The Morgan fingerprint density at radius 2 is 1.93 bits per heavy atom. The van der Waals surface area contributed by atoms with E-state index in [4.69, 9.17) is 5.11 Å². The number of aliphatic hydroxyl groups is 2. The molecule has 0 saturated heterocycles. The van der Waals surface area contributed by atoms with Crippen molar-refractivity contribution in [3.63, 3.8) is 0 Å². The second-order valence-electron chi connectivity index (χ2n) is 5.97. The van der Waals surface area contributed by atoms with Crippen LogP contribution in [-0.2, 0) is 11.4 Å². The molecule has 5 nitrogen and oxygen atoms in total. The lowest BCUT2D eigenvalue weighted by atomic mass is 10.1. The van der Waals surface area contributed by atoms with Gasteiger partial charge in [-0.25, -0.2) is 0 Å². The van der Waals surface area contributed by atoms with E-state index in [9.17, 15) is 15.0 Å². The number of aromatic hydroxyl groups is 1. The molecule has 0 aliphatic rings. The third kappa shape index (κ3) is 4.54. The van der Waals surface area contributed by atoms with Gasteiger partial charge in [0.25, 0.3) is 0 Å². The molecule has 1 aromatic heterocycles.